The molecule has 1 atom stereocenters. The van der Waals surface area contributed by atoms with Gasteiger partial charge in [0.2, 0.25) is 0 Å². The van der Waals surface area contributed by atoms with Gasteiger partial charge >= 0.3 is 22.6 Å². The third-order valence-corrected chi connectivity index (χ3v) is 1.55. The third kappa shape index (κ3) is 4.78. The zero-order valence-corrected chi connectivity index (χ0v) is 8.28. The molecule has 0 rings (SSSR count). The topological polar surface area (TPSA) is 101 Å². The van der Waals surface area contributed by atoms with E-state index in [0.29, 0.717) is 0 Å². The summed E-state index contributed by atoms with van der Waals surface area (Å²) in [7, 11) is -0.486. The molecule has 7 nitrogen and oxygen atoms in total. The summed E-state index contributed by atoms with van der Waals surface area (Å²) in [6.07, 6.45) is -1.66. The molecule has 0 radical (unpaired) electrons. The monoisotopic (exact) mass is 214 g/mol. The fraction of sp³-hybridized carbons (Fsp3) is 0.800. The normalized spacial score (nSPS) is 15.4. The van der Waals surface area contributed by atoms with E-state index in [1.54, 1.807) is 0 Å². The number of aliphatic carboxylic acids is 1. The highest BCUT2D eigenvalue weighted by molar-refractivity contribution is 7.80. The second kappa shape index (κ2) is 3.58. The fourth-order valence-corrected chi connectivity index (χ4v) is 1.19. The van der Waals surface area contributed by atoms with Crippen LogP contribution in [0.15, 0.2) is 0 Å². The molecule has 1 unspecified atom stereocenters. The number of rotatable bonds is 4. The molecule has 0 saturated heterocycles. The predicted octanol–water partition coefficient (Wildman–Crippen LogP) is -1.08. The molecule has 2 N–H and O–H groups in total. The first-order chi connectivity index (χ1) is 5.54. The Kier molecular flexibility index (Phi) is 3.39. The van der Waals surface area contributed by atoms with Crippen LogP contribution in [-0.4, -0.2) is 55.9 Å². The van der Waals surface area contributed by atoms with Gasteiger partial charge < -0.3 is 5.11 Å². The van der Waals surface area contributed by atoms with Crippen LogP contribution in [-0.2, 0) is 19.4 Å². The van der Waals surface area contributed by atoms with Crippen molar-refractivity contribution >= 4 is 16.4 Å². The molecule has 0 fully saturated rings. The van der Waals surface area contributed by atoms with E-state index < -0.39 is 22.6 Å². The van der Waals surface area contributed by atoms with Crippen molar-refractivity contribution in [1.29, 1.82) is 0 Å². The van der Waals surface area contributed by atoms with E-state index in [9.17, 15) is 13.2 Å². The van der Waals surface area contributed by atoms with Crippen LogP contribution in [0.4, 0.5) is 0 Å². The first-order valence-electron chi connectivity index (χ1n) is 3.23. The van der Waals surface area contributed by atoms with E-state index in [4.69, 9.17) is 9.66 Å². The average molecular weight is 214 g/mol. The van der Waals surface area contributed by atoms with Crippen LogP contribution < -0.4 is 0 Å². The van der Waals surface area contributed by atoms with E-state index in [-0.39, 0.29) is 4.48 Å². The fourth-order valence-electron chi connectivity index (χ4n) is 0.617. The summed E-state index contributed by atoms with van der Waals surface area (Å²) in [4.78, 5) is 10.5. The van der Waals surface area contributed by atoms with E-state index in [1.807, 2.05) is 0 Å². The summed E-state index contributed by atoms with van der Waals surface area (Å²) in [5.41, 5.74) is 0. The first-order valence-corrected chi connectivity index (χ1v) is 4.60. The van der Waals surface area contributed by atoms with Gasteiger partial charge in [-0.25, -0.2) is 4.79 Å². The summed E-state index contributed by atoms with van der Waals surface area (Å²) >= 11 is 0. The Balaban J connectivity index is 4.77. The van der Waals surface area contributed by atoms with Crippen molar-refractivity contribution in [1.82, 2.24) is 0 Å². The first kappa shape index (κ1) is 12.3. The summed E-state index contributed by atoms with van der Waals surface area (Å²) in [5, 5.41) is 8.56. The quantitative estimate of drug-likeness (QED) is 0.351. The zero-order valence-electron chi connectivity index (χ0n) is 7.46. The van der Waals surface area contributed by atoms with Crippen LogP contribution >= 0.6 is 0 Å². The second-order valence-electron chi connectivity index (χ2n) is 3.33. The maximum absolute atomic E-state index is 10.5. The Morgan fingerprint density at radius 1 is 1.38 bits per heavy atom. The SMILES string of the molecule is C[N+](C)(C)C(OS(=O)(=O)O)C(=O)O. The second-order valence-corrected chi connectivity index (χ2v) is 4.38. The minimum Gasteiger partial charge on any atom is -0.475 e. The van der Waals surface area contributed by atoms with E-state index in [0.717, 1.165) is 0 Å². The van der Waals surface area contributed by atoms with Crippen LogP contribution in [0.5, 0.6) is 0 Å². The van der Waals surface area contributed by atoms with Crippen molar-refractivity contribution in [3.8, 4) is 0 Å². The lowest BCUT2D eigenvalue weighted by atomic mass is 10.4. The number of likely N-dealkylation sites (N-methyl/N-ethyl adjacent to an activating group) is 1. The van der Waals surface area contributed by atoms with Crippen molar-refractivity contribution < 1.29 is 31.5 Å². The van der Waals surface area contributed by atoms with Gasteiger partial charge in [-0.05, 0) is 0 Å². The molecule has 0 aliphatic rings. The molecule has 0 aromatic carbocycles. The summed E-state index contributed by atoms with van der Waals surface area (Å²) in [5.74, 6) is -1.47. The smallest absolute Gasteiger partial charge is 0.402 e. The minimum absolute atomic E-state index is 0.283. The van der Waals surface area contributed by atoms with Crippen molar-refractivity contribution in [2.24, 2.45) is 0 Å². The Bertz CT molecular complexity index is 289. The molecule has 8 heteroatoms. The molecule has 0 aliphatic heterocycles. The summed E-state index contributed by atoms with van der Waals surface area (Å²) in [6.45, 7) is 0. The largest absolute Gasteiger partial charge is 0.475 e. The molecule has 13 heavy (non-hydrogen) atoms. The highest BCUT2D eigenvalue weighted by Gasteiger charge is 2.36. The van der Waals surface area contributed by atoms with Crippen LogP contribution in [0.25, 0.3) is 0 Å². The number of nitrogens with zero attached hydrogens (tertiary/aromatic N) is 1. The van der Waals surface area contributed by atoms with Gasteiger partial charge in [0, 0.05) is 0 Å². The van der Waals surface area contributed by atoms with Gasteiger partial charge in [-0.3, -0.25) is 9.04 Å². The van der Waals surface area contributed by atoms with Crippen LogP contribution in [0.2, 0.25) is 0 Å². The van der Waals surface area contributed by atoms with Gasteiger partial charge in [0.25, 0.3) is 0 Å². The molecule has 0 aromatic rings. The maximum atomic E-state index is 10.5. The Morgan fingerprint density at radius 3 is 1.85 bits per heavy atom. The summed E-state index contributed by atoms with van der Waals surface area (Å²) < 4.78 is 32.5. The van der Waals surface area contributed by atoms with E-state index >= 15 is 0 Å². The van der Waals surface area contributed by atoms with Crippen molar-refractivity contribution in [3.63, 3.8) is 0 Å². The highest BCUT2D eigenvalue weighted by atomic mass is 32.3. The lowest BCUT2D eigenvalue weighted by molar-refractivity contribution is -0.905. The number of hydrogen-bond donors (Lipinski definition) is 2. The minimum atomic E-state index is -4.75. The number of hydrogen-bond acceptors (Lipinski definition) is 4. The lowest BCUT2D eigenvalue weighted by Crippen LogP contribution is -2.52. The maximum Gasteiger partial charge on any atom is 0.402 e. The molecular weight excluding hydrogens is 202 g/mol. The van der Waals surface area contributed by atoms with E-state index in [1.165, 1.54) is 21.1 Å². The molecule has 0 bridgehead atoms. The molecule has 0 saturated carbocycles. The molecule has 0 aliphatic carbocycles. The van der Waals surface area contributed by atoms with Gasteiger partial charge in [-0.1, -0.05) is 0 Å². The number of carbonyl (C=O) groups is 1. The van der Waals surface area contributed by atoms with Crippen molar-refractivity contribution in [3.05, 3.63) is 0 Å². The molecule has 0 heterocycles. The van der Waals surface area contributed by atoms with Crippen LogP contribution in [0.1, 0.15) is 0 Å². The molecule has 0 spiro atoms. The van der Waals surface area contributed by atoms with Crippen LogP contribution in [0.3, 0.4) is 0 Å². The predicted molar refractivity (Wildman–Crippen MR) is 42.1 cm³/mol. The van der Waals surface area contributed by atoms with Gasteiger partial charge in [0.05, 0.1) is 21.1 Å². The van der Waals surface area contributed by atoms with Gasteiger partial charge in [-0.15, -0.1) is 0 Å². The van der Waals surface area contributed by atoms with Crippen molar-refractivity contribution in [2.45, 2.75) is 6.23 Å². The molecule has 0 amide bonds. The van der Waals surface area contributed by atoms with E-state index in [2.05, 4.69) is 4.18 Å². The van der Waals surface area contributed by atoms with Crippen molar-refractivity contribution in [2.75, 3.05) is 21.1 Å². The summed E-state index contributed by atoms with van der Waals surface area (Å²) in [6, 6.07) is 0. The average Bonchev–Trinajstić information content (AvgIpc) is 1.77. The van der Waals surface area contributed by atoms with Gasteiger partial charge in [0.1, 0.15) is 0 Å². The molecule has 0 aromatic heterocycles. The van der Waals surface area contributed by atoms with Gasteiger partial charge in [0.15, 0.2) is 0 Å². The molecule has 78 valence electrons. The van der Waals surface area contributed by atoms with Gasteiger partial charge in [-0.2, -0.15) is 12.6 Å². The number of carboxylic acid groups (broad SMARTS) is 1. The standard InChI is InChI=1S/C5H11NO6S/c1-6(2,3)4(5(7)8)12-13(9,10)11/h4H,1-3H3,(H-,7,8,9,10,11)/p+1. The number of quaternary nitrogens is 1. The lowest BCUT2D eigenvalue weighted by Gasteiger charge is -2.28. The Hall–Kier alpha value is -0.700. The third-order valence-electron chi connectivity index (χ3n) is 1.13. The molecular formula is C5H12NO6S+. The zero-order chi connectivity index (χ0) is 10.9. The highest BCUT2D eigenvalue weighted by Crippen LogP contribution is 2.07. The Labute approximate surface area is 76.1 Å². The van der Waals surface area contributed by atoms with Crippen LogP contribution in [0, 0.1) is 0 Å². The number of carboxylic acids is 1. The Morgan fingerprint density at radius 2 is 1.77 bits per heavy atom.